The molecule has 1 aliphatic rings. The fourth-order valence-corrected chi connectivity index (χ4v) is 2.25. The number of aryl methyl sites for hydroxylation is 1. The maximum atomic E-state index is 11.3. The molecule has 0 radical (unpaired) electrons. The topological polar surface area (TPSA) is 41.5 Å². The van der Waals surface area contributed by atoms with E-state index in [-0.39, 0.29) is 11.2 Å². The number of carbonyl (C=O) groups is 1. The monoisotopic (exact) mass is 234 g/mol. The highest BCUT2D eigenvalue weighted by Crippen LogP contribution is 2.22. The van der Waals surface area contributed by atoms with Crippen LogP contribution in [0.25, 0.3) is 0 Å². The number of thioether (sulfide) groups is 1. The van der Waals surface area contributed by atoms with E-state index in [9.17, 15) is 4.79 Å². The smallest absolute Gasteiger partial charge is 0.239 e. The lowest BCUT2D eigenvalue weighted by atomic mass is 10.2. The Labute approximate surface area is 99.3 Å². The molecule has 1 aromatic rings. The quantitative estimate of drug-likeness (QED) is 0.854. The largest absolute Gasteiger partial charge is 0.304 e. The van der Waals surface area contributed by atoms with Gasteiger partial charge in [0, 0.05) is 0 Å². The van der Waals surface area contributed by atoms with E-state index in [1.807, 2.05) is 19.1 Å². The Hall–Kier alpha value is -1.29. The predicted octanol–water partition coefficient (Wildman–Crippen LogP) is 2.49. The van der Waals surface area contributed by atoms with Crippen molar-refractivity contribution in [1.29, 1.82) is 0 Å². The maximum absolute atomic E-state index is 11.3. The van der Waals surface area contributed by atoms with Crippen LogP contribution < -0.4 is 5.32 Å². The molecule has 0 saturated carbocycles. The molecule has 1 fully saturated rings. The third kappa shape index (κ3) is 2.44. The van der Waals surface area contributed by atoms with Gasteiger partial charge < -0.3 is 5.32 Å². The Morgan fingerprint density at radius 1 is 1.38 bits per heavy atom. The number of benzene rings is 1. The molecule has 0 unspecified atom stereocenters. The number of carbonyl (C=O) groups excluding carboxylic acids is 1. The molecule has 3 nitrogen and oxygen atoms in total. The second-order valence-corrected chi connectivity index (χ2v) is 5.02. The summed E-state index contributed by atoms with van der Waals surface area (Å²) in [6, 6.07) is 8.07. The summed E-state index contributed by atoms with van der Waals surface area (Å²) in [4.78, 5) is 15.6. The summed E-state index contributed by atoms with van der Waals surface area (Å²) in [5.74, 6) is 0.0360. The van der Waals surface area contributed by atoms with E-state index in [4.69, 9.17) is 0 Å². The summed E-state index contributed by atoms with van der Waals surface area (Å²) in [6.45, 7) is 4.00. The molecule has 1 aromatic carbocycles. The maximum Gasteiger partial charge on any atom is 0.239 e. The average molecular weight is 234 g/mol. The van der Waals surface area contributed by atoms with Gasteiger partial charge in [-0.15, -0.1) is 0 Å². The number of nitrogens with one attached hydrogen (secondary N) is 1. The second kappa shape index (κ2) is 4.70. The summed E-state index contributed by atoms with van der Waals surface area (Å²) in [5, 5.41) is 3.42. The molecule has 0 aliphatic carbocycles. The number of nitrogens with zero attached hydrogens (tertiary/aromatic N) is 1. The molecular weight excluding hydrogens is 220 g/mol. The van der Waals surface area contributed by atoms with E-state index in [1.54, 1.807) is 0 Å². The van der Waals surface area contributed by atoms with Gasteiger partial charge in [0.25, 0.3) is 0 Å². The lowest BCUT2D eigenvalue weighted by molar-refractivity contribution is -0.118. The SMILES string of the molecule is CCc1ccc(N=C2NC(=O)[C@@H](C)S2)cc1. The van der Waals surface area contributed by atoms with Crippen LogP contribution in [0, 0.1) is 0 Å². The molecule has 84 valence electrons. The van der Waals surface area contributed by atoms with E-state index >= 15 is 0 Å². The van der Waals surface area contributed by atoms with Gasteiger partial charge in [0.15, 0.2) is 5.17 Å². The molecule has 16 heavy (non-hydrogen) atoms. The van der Waals surface area contributed by atoms with Crippen LogP contribution in [0.2, 0.25) is 0 Å². The second-order valence-electron chi connectivity index (χ2n) is 3.69. The van der Waals surface area contributed by atoms with E-state index in [1.165, 1.54) is 17.3 Å². The van der Waals surface area contributed by atoms with Gasteiger partial charge in [-0.05, 0) is 31.0 Å². The molecule has 1 atom stereocenters. The van der Waals surface area contributed by atoms with Crippen molar-refractivity contribution in [2.24, 2.45) is 4.99 Å². The molecule has 4 heteroatoms. The molecular formula is C12H14N2OS. The minimum Gasteiger partial charge on any atom is -0.304 e. The van der Waals surface area contributed by atoms with Crippen LogP contribution in [-0.4, -0.2) is 16.3 Å². The predicted molar refractivity (Wildman–Crippen MR) is 68.1 cm³/mol. The summed E-state index contributed by atoms with van der Waals surface area (Å²) < 4.78 is 0. The molecule has 1 saturated heterocycles. The number of amidine groups is 1. The van der Waals surface area contributed by atoms with Gasteiger partial charge in [0.1, 0.15) is 0 Å². The van der Waals surface area contributed by atoms with Gasteiger partial charge in [0.2, 0.25) is 5.91 Å². The molecule has 1 N–H and O–H groups in total. The first-order valence-electron chi connectivity index (χ1n) is 5.34. The number of hydrogen-bond acceptors (Lipinski definition) is 3. The Morgan fingerprint density at radius 2 is 2.06 bits per heavy atom. The van der Waals surface area contributed by atoms with Gasteiger partial charge in [0.05, 0.1) is 10.9 Å². The van der Waals surface area contributed by atoms with Crippen LogP contribution in [0.15, 0.2) is 29.3 Å². The zero-order chi connectivity index (χ0) is 11.5. The van der Waals surface area contributed by atoms with Crippen molar-refractivity contribution in [1.82, 2.24) is 5.32 Å². The molecule has 1 heterocycles. The highest BCUT2D eigenvalue weighted by atomic mass is 32.2. The zero-order valence-corrected chi connectivity index (χ0v) is 10.2. The Morgan fingerprint density at radius 3 is 2.56 bits per heavy atom. The minimum atomic E-state index is -0.0336. The zero-order valence-electron chi connectivity index (χ0n) is 9.36. The van der Waals surface area contributed by atoms with Crippen molar-refractivity contribution in [2.45, 2.75) is 25.5 Å². The number of aliphatic imine (C=N–C) groups is 1. The molecule has 0 aromatic heterocycles. The number of rotatable bonds is 2. The highest BCUT2D eigenvalue weighted by molar-refractivity contribution is 8.15. The van der Waals surface area contributed by atoms with Crippen molar-refractivity contribution in [3.63, 3.8) is 0 Å². The normalized spacial score (nSPS) is 22.5. The fourth-order valence-electron chi connectivity index (χ4n) is 1.44. The van der Waals surface area contributed by atoms with E-state index in [0.717, 1.165) is 12.1 Å². The van der Waals surface area contributed by atoms with Crippen molar-refractivity contribution < 1.29 is 4.79 Å². The molecule has 0 bridgehead atoms. The third-order valence-electron chi connectivity index (χ3n) is 2.46. The lowest BCUT2D eigenvalue weighted by Crippen LogP contribution is -2.23. The van der Waals surface area contributed by atoms with Gasteiger partial charge in [-0.2, -0.15) is 0 Å². The lowest BCUT2D eigenvalue weighted by Gasteiger charge is -1.98. The minimum absolute atomic E-state index is 0.0336. The fraction of sp³-hybridized carbons (Fsp3) is 0.333. The first-order chi connectivity index (χ1) is 7.69. The Balaban J connectivity index is 2.14. The van der Waals surface area contributed by atoms with E-state index in [2.05, 4.69) is 29.4 Å². The Bertz CT molecular complexity index is 425. The summed E-state index contributed by atoms with van der Waals surface area (Å²) in [7, 11) is 0. The third-order valence-corrected chi connectivity index (χ3v) is 3.45. The van der Waals surface area contributed by atoms with Crippen LogP contribution >= 0.6 is 11.8 Å². The number of hydrogen-bond donors (Lipinski definition) is 1. The van der Waals surface area contributed by atoms with E-state index < -0.39 is 0 Å². The molecule has 0 spiro atoms. The van der Waals surface area contributed by atoms with Crippen LogP contribution in [0.1, 0.15) is 19.4 Å². The average Bonchev–Trinajstić information content (AvgIpc) is 2.59. The van der Waals surface area contributed by atoms with Gasteiger partial charge >= 0.3 is 0 Å². The first-order valence-corrected chi connectivity index (χ1v) is 6.22. The van der Waals surface area contributed by atoms with Crippen molar-refractivity contribution >= 4 is 28.5 Å². The molecule has 1 amide bonds. The van der Waals surface area contributed by atoms with Gasteiger partial charge in [-0.1, -0.05) is 30.8 Å². The van der Waals surface area contributed by atoms with Crippen LogP contribution in [-0.2, 0) is 11.2 Å². The van der Waals surface area contributed by atoms with Gasteiger partial charge in [-0.3, -0.25) is 4.79 Å². The van der Waals surface area contributed by atoms with Crippen molar-refractivity contribution in [3.05, 3.63) is 29.8 Å². The van der Waals surface area contributed by atoms with Crippen molar-refractivity contribution in [2.75, 3.05) is 0 Å². The molecule has 1 aliphatic heterocycles. The summed E-state index contributed by atoms with van der Waals surface area (Å²) in [5.41, 5.74) is 2.18. The standard InChI is InChI=1S/C12H14N2OS/c1-3-9-4-6-10(7-5-9)13-12-14-11(15)8(2)16-12/h4-8H,3H2,1-2H3,(H,13,14,15)/t8-/m1/s1. The Kier molecular flexibility index (Phi) is 3.29. The molecule has 2 rings (SSSR count). The van der Waals surface area contributed by atoms with Crippen LogP contribution in [0.3, 0.4) is 0 Å². The van der Waals surface area contributed by atoms with Gasteiger partial charge in [-0.25, -0.2) is 4.99 Å². The van der Waals surface area contributed by atoms with Crippen LogP contribution in [0.5, 0.6) is 0 Å². The van der Waals surface area contributed by atoms with Crippen LogP contribution in [0.4, 0.5) is 5.69 Å². The van der Waals surface area contributed by atoms with E-state index in [0.29, 0.717) is 5.17 Å². The highest BCUT2D eigenvalue weighted by Gasteiger charge is 2.25. The number of amides is 1. The first kappa shape index (κ1) is 11.2. The summed E-state index contributed by atoms with van der Waals surface area (Å²) in [6.07, 6.45) is 1.03. The van der Waals surface area contributed by atoms with Crippen molar-refractivity contribution in [3.8, 4) is 0 Å². The summed E-state index contributed by atoms with van der Waals surface area (Å²) >= 11 is 1.47.